The van der Waals surface area contributed by atoms with E-state index in [0.717, 1.165) is 4.57 Å². The number of aryl methyl sites for hydroxylation is 2. The Morgan fingerprint density at radius 1 is 1.26 bits per heavy atom. The number of pyridine rings is 1. The predicted octanol–water partition coefficient (Wildman–Crippen LogP) is 1.11. The van der Waals surface area contributed by atoms with Crippen LogP contribution in [0.1, 0.15) is 27.2 Å². The number of carbonyl (C=O) groups excluding carboxylic acids is 1. The molecule has 136 valence electrons. The lowest BCUT2D eigenvalue weighted by Gasteiger charge is -2.13. The third-order valence-electron chi connectivity index (χ3n) is 4.25. The first-order chi connectivity index (χ1) is 12.9. The van der Waals surface area contributed by atoms with Crippen molar-refractivity contribution in [3.63, 3.8) is 0 Å². The normalized spacial score (nSPS) is 10.6. The van der Waals surface area contributed by atoms with Gasteiger partial charge in [-0.2, -0.15) is 5.26 Å². The van der Waals surface area contributed by atoms with Gasteiger partial charge in [0.25, 0.3) is 5.56 Å². The van der Waals surface area contributed by atoms with Crippen LogP contribution in [0, 0.1) is 18.3 Å². The fourth-order valence-electron chi connectivity index (χ4n) is 2.88. The van der Waals surface area contributed by atoms with E-state index in [1.54, 1.807) is 31.2 Å². The van der Waals surface area contributed by atoms with E-state index in [1.807, 2.05) is 6.07 Å². The van der Waals surface area contributed by atoms with Crippen LogP contribution in [0.25, 0.3) is 11.0 Å². The zero-order valence-electron chi connectivity index (χ0n) is 15.0. The molecule has 0 aliphatic carbocycles. The molecule has 0 aliphatic rings. The quantitative estimate of drug-likeness (QED) is 0.645. The maximum absolute atomic E-state index is 13.0. The summed E-state index contributed by atoms with van der Waals surface area (Å²) in [5.41, 5.74) is 0.659. The number of rotatable bonds is 3. The summed E-state index contributed by atoms with van der Waals surface area (Å²) in [7, 11) is 2.72. The molecule has 1 aromatic carbocycles. The standard InChI is InChI=1S/C19H16N4O4/c1-11-8-14(18(25)27-3)15-16(21-11)22(2)19(26)23(17(15)24)10-13-6-4-12(9-20)5-7-13/h4-8H,10H2,1-3H3. The Bertz CT molecular complexity index is 1210. The first-order valence-corrected chi connectivity index (χ1v) is 8.06. The van der Waals surface area contributed by atoms with Crippen LogP contribution in [0.15, 0.2) is 39.9 Å². The largest absolute Gasteiger partial charge is 0.465 e. The Morgan fingerprint density at radius 2 is 1.93 bits per heavy atom. The van der Waals surface area contributed by atoms with Crippen LogP contribution < -0.4 is 11.2 Å². The van der Waals surface area contributed by atoms with Gasteiger partial charge in [0.05, 0.1) is 36.2 Å². The number of methoxy groups -OCH3 is 1. The molecule has 2 aromatic heterocycles. The number of ether oxygens (including phenoxy) is 1. The van der Waals surface area contributed by atoms with Crippen molar-refractivity contribution in [2.24, 2.45) is 7.05 Å². The number of nitriles is 1. The molecule has 27 heavy (non-hydrogen) atoms. The topological polar surface area (TPSA) is 107 Å². The Morgan fingerprint density at radius 3 is 2.52 bits per heavy atom. The summed E-state index contributed by atoms with van der Waals surface area (Å²) in [6, 6.07) is 10.0. The summed E-state index contributed by atoms with van der Waals surface area (Å²) >= 11 is 0. The number of benzene rings is 1. The number of nitrogens with zero attached hydrogens (tertiary/aromatic N) is 4. The highest BCUT2D eigenvalue weighted by Gasteiger charge is 2.20. The molecule has 0 unspecified atom stereocenters. The van der Waals surface area contributed by atoms with Crippen molar-refractivity contribution in [3.8, 4) is 6.07 Å². The molecule has 0 aliphatic heterocycles. The maximum Gasteiger partial charge on any atom is 0.338 e. The van der Waals surface area contributed by atoms with E-state index in [-0.39, 0.29) is 23.1 Å². The summed E-state index contributed by atoms with van der Waals surface area (Å²) in [5.74, 6) is -0.675. The van der Waals surface area contributed by atoms with Crippen molar-refractivity contribution in [1.82, 2.24) is 14.1 Å². The Hall–Kier alpha value is -3.73. The highest BCUT2D eigenvalue weighted by atomic mass is 16.5. The molecule has 0 amide bonds. The van der Waals surface area contributed by atoms with Crippen LogP contribution in [-0.4, -0.2) is 27.2 Å². The number of aromatic nitrogens is 3. The van der Waals surface area contributed by atoms with Crippen LogP contribution in [0.3, 0.4) is 0 Å². The van der Waals surface area contributed by atoms with Gasteiger partial charge in [0, 0.05) is 12.7 Å². The van der Waals surface area contributed by atoms with Crippen LogP contribution in [0.5, 0.6) is 0 Å². The van der Waals surface area contributed by atoms with Crippen LogP contribution >= 0.6 is 0 Å². The number of hydrogen-bond donors (Lipinski definition) is 0. The van der Waals surface area contributed by atoms with Gasteiger partial charge in [-0.05, 0) is 30.7 Å². The second-order valence-electron chi connectivity index (χ2n) is 6.04. The predicted molar refractivity (Wildman–Crippen MR) is 97.6 cm³/mol. The van der Waals surface area contributed by atoms with Gasteiger partial charge in [0.2, 0.25) is 0 Å². The smallest absolute Gasteiger partial charge is 0.338 e. The summed E-state index contributed by atoms with van der Waals surface area (Å²) < 4.78 is 7.05. The van der Waals surface area contributed by atoms with Gasteiger partial charge in [0.1, 0.15) is 5.65 Å². The van der Waals surface area contributed by atoms with Crippen molar-refractivity contribution in [3.05, 3.63) is 73.6 Å². The average molecular weight is 364 g/mol. The van der Waals surface area contributed by atoms with E-state index in [1.165, 1.54) is 24.8 Å². The molecule has 0 atom stereocenters. The molecule has 8 nitrogen and oxygen atoms in total. The van der Waals surface area contributed by atoms with E-state index in [9.17, 15) is 14.4 Å². The molecule has 0 N–H and O–H groups in total. The first kappa shape index (κ1) is 18.1. The average Bonchev–Trinajstić information content (AvgIpc) is 2.68. The Balaban J connectivity index is 2.29. The molecule has 0 radical (unpaired) electrons. The molecule has 0 bridgehead atoms. The van der Waals surface area contributed by atoms with E-state index in [2.05, 4.69) is 4.98 Å². The second kappa shape index (κ2) is 6.88. The van der Waals surface area contributed by atoms with Gasteiger partial charge in [-0.1, -0.05) is 12.1 Å². The van der Waals surface area contributed by atoms with Gasteiger partial charge < -0.3 is 4.74 Å². The van der Waals surface area contributed by atoms with Crippen LogP contribution in [-0.2, 0) is 18.3 Å². The van der Waals surface area contributed by atoms with Crippen molar-refractivity contribution in [2.75, 3.05) is 7.11 Å². The number of carbonyl (C=O) groups is 1. The highest BCUT2D eigenvalue weighted by Crippen LogP contribution is 2.15. The molecule has 0 saturated carbocycles. The summed E-state index contributed by atoms with van der Waals surface area (Å²) in [5, 5.41) is 8.91. The van der Waals surface area contributed by atoms with Crippen molar-refractivity contribution >= 4 is 17.0 Å². The monoisotopic (exact) mass is 364 g/mol. The number of hydrogen-bond acceptors (Lipinski definition) is 6. The highest BCUT2D eigenvalue weighted by molar-refractivity contribution is 6.02. The summed E-state index contributed by atoms with van der Waals surface area (Å²) in [6.45, 7) is 1.67. The minimum absolute atomic E-state index is 0.00163. The molecule has 0 saturated heterocycles. The zero-order chi connectivity index (χ0) is 19.7. The van der Waals surface area contributed by atoms with Gasteiger partial charge >= 0.3 is 11.7 Å². The molecule has 8 heteroatoms. The fourth-order valence-corrected chi connectivity index (χ4v) is 2.88. The lowest BCUT2D eigenvalue weighted by atomic mass is 10.1. The van der Waals surface area contributed by atoms with Crippen LogP contribution in [0.4, 0.5) is 0 Å². The van der Waals surface area contributed by atoms with E-state index < -0.39 is 17.2 Å². The lowest BCUT2D eigenvalue weighted by molar-refractivity contribution is 0.0602. The fraction of sp³-hybridized carbons (Fsp3) is 0.211. The lowest BCUT2D eigenvalue weighted by Crippen LogP contribution is -2.40. The third-order valence-corrected chi connectivity index (χ3v) is 4.25. The van der Waals surface area contributed by atoms with E-state index >= 15 is 0 Å². The second-order valence-corrected chi connectivity index (χ2v) is 6.04. The minimum Gasteiger partial charge on any atom is -0.465 e. The summed E-state index contributed by atoms with van der Waals surface area (Å²) in [4.78, 5) is 42.1. The summed E-state index contributed by atoms with van der Waals surface area (Å²) in [6.07, 6.45) is 0. The Kier molecular flexibility index (Phi) is 4.60. The van der Waals surface area contributed by atoms with Gasteiger partial charge in [0.15, 0.2) is 0 Å². The Labute approximate surface area is 153 Å². The van der Waals surface area contributed by atoms with Crippen molar-refractivity contribution in [1.29, 1.82) is 5.26 Å². The maximum atomic E-state index is 13.0. The van der Waals surface area contributed by atoms with Crippen LogP contribution in [0.2, 0.25) is 0 Å². The SMILES string of the molecule is COC(=O)c1cc(C)nc2c1c(=O)n(Cc1ccc(C#N)cc1)c(=O)n2C. The van der Waals surface area contributed by atoms with Gasteiger partial charge in [-0.3, -0.25) is 13.9 Å². The van der Waals surface area contributed by atoms with Gasteiger partial charge in [-0.25, -0.2) is 14.6 Å². The number of fused-ring (bicyclic) bond motifs is 1. The first-order valence-electron chi connectivity index (χ1n) is 8.06. The van der Waals surface area contributed by atoms with Gasteiger partial charge in [-0.15, -0.1) is 0 Å². The zero-order valence-corrected chi connectivity index (χ0v) is 15.0. The molecular weight excluding hydrogens is 348 g/mol. The molecule has 0 fully saturated rings. The molecule has 3 rings (SSSR count). The minimum atomic E-state index is -0.675. The van der Waals surface area contributed by atoms with E-state index in [0.29, 0.717) is 16.8 Å². The number of esters is 1. The third kappa shape index (κ3) is 3.11. The van der Waals surface area contributed by atoms with E-state index in [4.69, 9.17) is 10.00 Å². The molecule has 2 heterocycles. The molecular formula is C19H16N4O4. The molecule has 0 spiro atoms. The van der Waals surface area contributed by atoms with Crippen molar-refractivity contribution in [2.45, 2.75) is 13.5 Å². The molecule has 3 aromatic rings. The van der Waals surface area contributed by atoms with Crippen molar-refractivity contribution < 1.29 is 9.53 Å².